The number of ether oxygens (including phenoxy) is 3. The zero-order chi connectivity index (χ0) is 31.3. The Morgan fingerprint density at radius 2 is 1.67 bits per heavy atom. The Balaban J connectivity index is 1.54. The molecule has 0 unspecified atom stereocenters. The lowest BCUT2D eigenvalue weighted by atomic mass is 9.93. The number of fused-ring (bicyclic) bond motifs is 1. The van der Waals surface area contributed by atoms with Crippen LogP contribution in [0.1, 0.15) is 35.2 Å². The van der Waals surface area contributed by atoms with Crippen LogP contribution in [0.5, 0.6) is 11.5 Å². The first-order valence-electron chi connectivity index (χ1n) is 14.4. The molecule has 45 heavy (non-hydrogen) atoms. The maximum absolute atomic E-state index is 14.3. The predicted octanol–water partition coefficient (Wildman–Crippen LogP) is 6.29. The molecule has 7 nitrogen and oxygen atoms in total. The van der Waals surface area contributed by atoms with Crippen LogP contribution in [0.3, 0.4) is 0 Å². The number of nitrogens with zero attached hydrogens (tertiary/aromatic N) is 2. The van der Waals surface area contributed by atoms with E-state index < -0.39 is 12.0 Å². The lowest BCUT2D eigenvalue weighted by Crippen LogP contribution is -2.40. The molecule has 0 radical (unpaired) electrons. The summed E-state index contributed by atoms with van der Waals surface area (Å²) in [6.45, 7) is 2.26. The number of methoxy groups -OCH3 is 1. The zero-order valence-corrected chi connectivity index (χ0v) is 27.0. The van der Waals surface area contributed by atoms with Crippen LogP contribution in [0.4, 0.5) is 0 Å². The minimum atomic E-state index is -0.739. The van der Waals surface area contributed by atoms with Crippen LogP contribution in [0.25, 0.3) is 11.8 Å². The van der Waals surface area contributed by atoms with Crippen molar-refractivity contribution in [1.82, 2.24) is 4.57 Å². The minimum Gasteiger partial charge on any atom is -0.493 e. The van der Waals surface area contributed by atoms with Gasteiger partial charge in [0.05, 0.1) is 35.6 Å². The van der Waals surface area contributed by atoms with E-state index in [1.165, 1.54) is 11.3 Å². The molecule has 0 saturated carbocycles. The number of carbonyl (C=O) groups excluding carboxylic acids is 1. The number of esters is 1. The fourth-order valence-electron chi connectivity index (χ4n) is 5.23. The van der Waals surface area contributed by atoms with Crippen molar-refractivity contribution >= 4 is 45.0 Å². The number of hydrogen-bond acceptors (Lipinski definition) is 7. The molecule has 0 spiro atoms. The second-order valence-electron chi connectivity index (χ2n) is 10.1. The standard InChI is InChI=1S/C36H29BrN2O5S/c1-3-43-35(41)30-31(24-11-6-4-7-12-24)38-36-39(32(30)25-13-8-5-9-14-25)34(40)29(45-36)21-26-15-10-16-28(42-2)33(26)44-22-23-17-19-27(37)20-18-23/h4-21,32H,3,22H2,1-2H3/b29-21-/t32-/m0/s1. The van der Waals surface area contributed by atoms with E-state index in [-0.39, 0.29) is 12.2 Å². The summed E-state index contributed by atoms with van der Waals surface area (Å²) in [7, 11) is 1.58. The monoisotopic (exact) mass is 680 g/mol. The number of halogens is 1. The van der Waals surface area contributed by atoms with Gasteiger partial charge in [0.25, 0.3) is 5.56 Å². The van der Waals surface area contributed by atoms with Crippen molar-refractivity contribution in [1.29, 1.82) is 0 Å². The highest BCUT2D eigenvalue weighted by Crippen LogP contribution is 2.36. The molecule has 0 N–H and O–H groups in total. The van der Waals surface area contributed by atoms with Crippen molar-refractivity contribution in [3.63, 3.8) is 0 Å². The number of rotatable bonds is 9. The van der Waals surface area contributed by atoms with Gasteiger partial charge in [0.15, 0.2) is 16.3 Å². The molecule has 226 valence electrons. The fourth-order valence-corrected chi connectivity index (χ4v) is 6.49. The minimum absolute atomic E-state index is 0.190. The van der Waals surface area contributed by atoms with E-state index in [9.17, 15) is 9.59 Å². The number of benzene rings is 4. The Bertz CT molecular complexity index is 2050. The number of thiazole rings is 1. The molecule has 0 amide bonds. The summed E-state index contributed by atoms with van der Waals surface area (Å²) < 4.78 is 20.5. The summed E-state index contributed by atoms with van der Waals surface area (Å²) in [6, 6.07) is 31.7. The van der Waals surface area contributed by atoms with Crippen LogP contribution in [0, 0.1) is 0 Å². The van der Waals surface area contributed by atoms with E-state index >= 15 is 0 Å². The molecule has 0 fully saturated rings. The summed E-state index contributed by atoms with van der Waals surface area (Å²) in [6.07, 6.45) is 1.79. The number of hydrogen-bond donors (Lipinski definition) is 0. The van der Waals surface area contributed by atoms with E-state index in [2.05, 4.69) is 15.9 Å². The summed E-state index contributed by atoms with van der Waals surface area (Å²) in [5, 5.41) is 0. The van der Waals surface area contributed by atoms with E-state index in [1.54, 1.807) is 24.7 Å². The van der Waals surface area contributed by atoms with Crippen LogP contribution in [-0.2, 0) is 16.1 Å². The molecular formula is C36H29BrN2O5S. The first-order valence-corrected chi connectivity index (χ1v) is 16.0. The molecule has 0 bridgehead atoms. The molecule has 1 aliphatic rings. The van der Waals surface area contributed by atoms with Crippen LogP contribution in [0.15, 0.2) is 123 Å². The average molecular weight is 682 g/mol. The van der Waals surface area contributed by atoms with E-state index in [4.69, 9.17) is 19.2 Å². The third kappa shape index (κ3) is 6.27. The van der Waals surface area contributed by atoms with Crippen LogP contribution in [-0.4, -0.2) is 24.3 Å². The summed E-state index contributed by atoms with van der Waals surface area (Å²) in [5.74, 6) is 0.553. The molecular weight excluding hydrogens is 652 g/mol. The number of aromatic nitrogens is 1. The Labute approximate surface area is 272 Å². The topological polar surface area (TPSA) is 79.1 Å². The molecule has 5 aromatic rings. The smallest absolute Gasteiger partial charge is 0.338 e. The SMILES string of the molecule is CCOC(=O)C1=C(c2ccccc2)N=c2s/c(=C\c3cccc(OC)c3OCc3ccc(Br)cc3)c(=O)n2[C@H]1c1ccccc1. The van der Waals surface area contributed by atoms with E-state index in [0.29, 0.717) is 44.3 Å². The highest BCUT2D eigenvalue weighted by atomic mass is 79.9. The summed E-state index contributed by atoms with van der Waals surface area (Å²) in [4.78, 5) is 33.3. The second kappa shape index (κ2) is 13.5. The predicted molar refractivity (Wildman–Crippen MR) is 179 cm³/mol. The van der Waals surface area contributed by atoms with Crippen molar-refractivity contribution in [3.05, 3.63) is 155 Å². The third-order valence-electron chi connectivity index (χ3n) is 7.30. The normalized spacial score (nSPS) is 14.5. The Kier molecular flexibility index (Phi) is 9.09. The maximum Gasteiger partial charge on any atom is 0.338 e. The lowest BCUT2D eigenvalue weighted by molar-refractivity contribution is -0.138. The molecule has 6 rings (SSSR count). The van der Waals surface area contributed by atoms with Gasteiger partial charge in [0, 0.05) is 15.6 Å². The van der Waals surface area contributed by atoms with E-state index in [0.717, 1.165) is 21.2 Å². The fraction of sp³-hybridized carbons (Fsp3) is 0.139. The molecule has 9 heteroatoms. The van der Waals surface area contributed by atoms with Crippen molar-refractivity contribution in [2.45, 2.75) is 19.6 Å². The van der Waals surface area contributed by atoms with Gasteiger partial charge in [0.2, 0.25) is 0 Å². The van der Waals surface area contributed by atoms with E-state index in [1.807, 2.05) is 103 Å². The van der Waals surface area contributed by atoms with Gasteiger partial charge in [-0.15, -0.1) is 0 Å². The number of carbonyl (C=O) groups is 1. The summed E-state index contributed by atoms with van der Waals surface area (Å²) >= 11 is 4.73. The van der Waals surface area contributed by atoms with Crippen LogP contribution >= 0.6 is 27.3 Å². The molecule has 4 aromatic carbocycles. The highest BCUT2D eigenvalue weighted by molar-refractivity contribution is 9.10. The second-order valence-corrected chi connectivity index (χ2v) is 12.1. The largest absolute Gasteiger partial charge is 0.493 e. The van der Waals surface area contributed by atoms with Gasteiger partial charge in [-0.05, 0) is 42.3 Å². The van der Waals surface area contributed by atoms with Gasteiger partial charge in [-0.1, -0.05) is 112 Å². The zero-order valence-electron chi connectivity index (χ0n) is 24.6. The van der Waals surface area contributed by atoms with Gasteiger partial charge in [-0.2, -0.15) is 0 Å². The van der Waals surface area contributed by atoms with Gasteiger partial charge < -0.3 is 14.2 Å². The third-order valence-corrected chi connectivity index (χ3v) is 8.81. The van der Waals surface area contributed by atoms with Crippen LogP contribution < -0.4 is 24.4 Å². The van der Waals surface area contributed by atoms with Gasteiger partial charge in [0.1, 0.15) is 6.61 Å². The molecule has 1 aliphatic heterocycles. The Morgan fingerprint density at radius 3 is 2.36 bits per heavy atom. The lowest BCUT2D eigenvalue weighted by Gasteiger charge is -2.25. The number of para-hydroxylation sites is 1. The molecule has 0 aliphatic carbocycles. The maximum atomic E-state index is 14.3. The van der Waals surface area contributed by atoms with Gasteiger partial charge >= 0.3 is 5.97 Å². The van der Waals surface area contributed by atoms with Gasteiger partial charge in [-0.3, -0.25) is 9.36 Å². The molecule has 1 aromatic heterocycles. The first kappa shape index (κ1) is 30.3. The summed E-state index contributed by atoms with van der Waals surface area (Å²) in [5.41, 5.74) is 3.72. The Hall–Kier alpha value is -4.73. The van der Waals surface area contributed by atoms with Crippen molar-refractivity contribution < 1.29 is 19.0 Å². The molecule has 1 atom stereocenters. The van der Waals surface area contributed by atoms with Crippen molar-refractivity contribution in [3.8, 4) is 11.5 Å². The average Bonchev–Trinajstić information content (AvgIpc) is 3.38. The van der Waals surface area contributed by atoms with Crippen molar-refractivity contribution in [2.75, 3.05) is 13.7 Å². The quantitative estimate of drug-likeness (QED) is 0.171. The van der Waals surface area contributed by atoms with Crippen molar-refractivity contribution in [2.24, 2.45) is 4.99 Å². The molecule has 0 saturated heterocycles. The molecule has 2 heterocycles. The van der Waals surface area contributed by atoms with Gasteiger partial charge in [-0.25, -0.2) is 9.79 Å². The first-order chi connectivity index (χ1) is 22.0. The Morgan fingerprint density at radius 1 is 0.956 bits per heavy atom. The van der Waals surface area contributed by atoms with Crippen LogP contribution in [0.2, 0.25) is 0 Å². The highest BCUT2D eigenvalue weighted by Gasteiger charge is 2.35.